The van der Waals surface area contributed by atoms with Crippen molar-refractivity contribution in [2.75, 3.05) is 0 Å². The van der Waals surface area contributed by atoms with E-state index in [4.69, 9.17) is 0 Å². The molecule has 0 bridgehead atoms. The van der Waals surface area contributed by atoms with Gasteiger partial charge < -0.3 is 0 Å². The van der Waals surface area contributed by atoms with Crippen molar-refractivity contribution < 1.29 is 0 Å². The standard InChI is InChI=1S/C17H14N2O/c1-13-6-5-9-15(12-13)19-16(20)10-11-18-17(19)14-7-3-2-4-8-14/h2-12H,1H3. The molecule has 0 aliphatic heterocycles. The molecule has 3 aromatic rings. The van der Waals surface area contributed by atoms with Crippen molar-refractivity contribution in [1.82, 2.24) is 9.55 Å². The van der Waals surface area contributed by atoms with Crippen LogP contribution in [0.25, 0.3) is 17.1 Å². The molecule has 0 fully saturated rings. The lowest BCUT2D eigenvalue weighted by Crippen LogP contribution is -2.20. The summed E-state index contributed by atoms with van der Waals surface area (Å²) in [6, 6.07) is 19.1. The number of nitrogens with zero attached hydrogens (tertiary/aromatic N) is 2. The molecule has 0 amide bonds. The zero-order chi connectivity index (χ0) is 13.9. The normalized spacial score (nSPS) is 10.4. The first-order chi connectivity index (χ1) is 9.75. The zero-order valence-corrected chi connectivity index (χ0v) is 11.2. The second-order valence-corrected chi connectivity index (χ2v) is 4.65. The summed E-state index contributed by atoms with van der Waals surface area (Å²) in [6.45, 7) is 2.01. The SMILES string of the molecule is Cc1cccc(-n2c(-c3ccccc3)nccc2=O)c1. The summed E-state index contributed by atoms with van der Waals surface area (Å²) in [5.74, 6) is 0.656. The van der Waals surface area contributed by atoms with Crippen LogP contribution in [0.2, 0.25) is 0 Å². The summed E-state index contributed by atoms with van der Waals surface area (Å²) in [4.78, 5) is 16.6. The zero-order valence-electron chi connectivity index (χ0n) is 11.2. The van der Waals surface area contributed by atoms with Crippen LogP contribution in [0.15, 0.2) is 71.7 Å². The fourth-order valence-electron chi connectivity index (χ4n) is 2.22. The molecule has 0 spiro atoms. The Hall–Kier alpha value is -2.68. The van der Waals surface area contributed by atoms with Crippen molar-refractivity contribution in [3.8, 4) is 17.1 Å². The van der Waals surface area contributed by atoms with Gasteiger partial charge in [0.25, 0.3) is 5.56 Å². The van der Waals surface area contributed by atoms with Gasteiger partial charge in [0.05, 0.1) is 5.69 Å². The lowest BCUT2D eigenvalue weighted by Gasteiger charge is -2.12. The molecule has 3 heteroatoms. The van der Waals surface area contributed by atoms with Gasteiger partial charge in [-0.05, 0) is 24.6 Å². The lowest BCUT2D eigenvalue weighted by molar-refractivity contribution is 0.947. The molecule has 0 saturated carbocycles. The van der Waals surface area contributed by atoms with Crippen LogP contribution >= 0.6 is 0 Å². The van der Waals surface area contributed by atoms with Gasteiger partial charge in [0.1, 0.15) is 5.82 Å². The second kappa shape index (κ2) is 5.13. The van der Waals surface area contributed by atoms with Gasteiger partial charge in [-0.1, -0.05) is 42.5 Å². The van der Waals surface area contributed by atoms with Gasteiger partial charge in [-0.15, -0.1) is 0 Å². The predicted molar refractivity (Wildman–Crippen MR) is 80.0 cm³/mol. The Morgan fingerprint density at radius 1 is 0.950 bits per heavy atom. The van der Waals surface area contributed by atoms with Crippen LogP contribution in [-0.4, -0.2) is 9.55 Å². The predicted octanol–water partition coefficient (Wildman–Crippen LogP) is 3.21. The molecule has 20 heavy (non-hydrogen) atoms. The molecule has 2 aromatic carbocycles. The Kier molecular flexibility index (Phi) is 3.17. The maximum Gasteiger partial charge on any atom is 0.258 e. The smallest absolute Gasteiger partial charge is 0.258 e. The second-order valence-electron chi connectivity index (χ2n) is 4.65. The van der Waals surface area contributed by atoms with E-state index in [2.05, 4.69) is 4.98 Å². The molecule has 1 heterocycles. The maximum atomic E-state index is 12.2. The van der Waals surface area contributed by atoms with Crippen LogP contribution in [0, 0.1) is 6.92 Å². The molecule has 98 valence electrons. The molecule has 1 aromatic heterocycles. The van der Waals surface area contributed by atoms with Gasteiger partial charge in [0.15, 0.2) is 0 Å². The Morgan fingerprint density at radius 3 is 2.50 bits per heavy atom. The fraction of sp³-hybridized carbons (Fsp3) is 0.0588. The number of benzene rings is 2. The Morgan fingerprint density at radius 2 is 1.75 bits per heavy atom. The molecule has 3 rings (SSSR count). The largest absolute Gasteiger partial charge is 0.269 e. The van der Waals surface area contributed by atoms with E-state index in [1.807, 2.05) is 61.5 Å². The van der Waals surface area contributed by atoms with Crippen LogP contribution in [0.5, 0.6) is 0 Å². The van der Waals surface area contributed by atoms with Crippen molar-refractivity contribution in [1.29, 1.82) is 0 Å². The molecular weight excluding hydrogens is 248 g/mol. The van der Waals surface area contributed by atoms with Crippen LogP contribution in [0.3, 0.4) is 0 Å². The van der Waals surface area contributed by atoms with Crippen molar-refractivity contribution in [2.45, 2.75) is 6.92 Å². The average molecular weight is 262 g/mol. The molecule has 0 aliphatic carbocycles. The molecule has 0 saturated heterocycles. The van der Waals surface area contributed by atoms with Crippen LogP contribution in [0.1, 0.15) is 5.56 Å². The highest BCUT2D eigenvalue weighted by molar-refractivity contribution is 5.58. The Labute approximate surface area is 117 Å². The third kappa shape index (κ3) is 2.26. The summed E-state index contributed by atoms with van der Waals surface area (Å²) < 4.78 is 1.64. The molecule has 0 radical (unpaired) electrons. The van der Waals surface area contributed by atoms with Gasteiger partial charge in [-0.3, -0.25) is 9.36 Å². The van der Waals surface area contributed by atoms with E-state index in [0.717, 1.165) is 16.8 Å². The third-order valence-corrected chi connectivity index (χ3v) is 3.14. The van der Waals surface area contributed by atoms with E-state index >= 15 is 0 Å². The Bertz CT molecular complexity index is 791. The van der Waals surface area contributed by atoms with Crippen molar-refractivity contribution in [3.63, 3.8) is 0 Å². The average Bonchev–Trinajstić information content (AvgIpc) is 2.48. The van der Waals surface area contributed by atoms with E-state index in [0.29, 0.717) is 5.82 Å². The van der Waals surface area contributed by atoms with Crippen LogP contribution in [-0.2, 0) is 0 Å². The minimum absolute atomic E-state index is 0.0792. The van der Waals surface area contributed by atoms with Gasteiger partial charge in [0.2, 0.25) is 0 Å². The highest BCUT2D eigenvalue weighted by Gasteiger charge is 2.09. The van der Waals surface area contributed by atoms with Crippen molar-refractivity contribution in [2.24, 2.45) is 0 Å². The molecule has 0 aliphatic rings. The quantitative estimate of drug-likeness (QED) is 0.710. The van der Waals surface area contributed by atoms with Gasteiger partial charge >= 0.3 is 0 Å². The summed E-state index contributed by atoms with van der Waals surface area (Å²) >= 11 is 0. The number of aromatic nitrogens is 2. The summed E-state index contributed by atoms with van der Waals surface area (Å²) in [6.07, 6.45) is 1.55. The number of rotatable bonds is 2. The highest BCUT2D eigenvalue weighted by atomic mass is 16.1. The first kappa shape index (κ1) is 12.4. The van der Waals surface area contributed by atoms with Gasteiger partial charge in [-0.25, -0.2) is 4.98 Å². The van der Waals surface area contributed by atoms with E-state index < -0.39 is 0 Å². The number of aryl methyl sites for hydroxylation is 1. The van der Waals surface area contributed by atoms with Crippen molar-refractivity contribution in [3.05, 3.63) is 82.8 Å². The van der Waals surface area contributed by atoms with Crippen LogP contribution < -0.4 is 5.56 Å². The first-order valence-electron chi connectivity index (χ1n) is 6.46. The number of hydrogen-bond acceptors (Lipinski definition) is 2. The highest BCUT2D eigenvalue weighted by Crippen LogP contribution is 2.18. The van der Waals surface area contributed by atoms with E-state index in [1.165, 1.54) is 6.07 Å². The van der Waals surface area contributed by atoms with Gasteiger partial charge in [-0.2, -0.15) is 0 Å². The van der Waals surface area contributed by atoms with Crippen molar-refractivity contribution >= 4 is 0 Å². The summed E-state index contributed by atoms with van der Waals surface area (Å²) in [7, 11) is 0. The monoisotopic (exact) mass is 262 g/mol. The van der Waals surface area contributed by atoms with Crippen LogP contribution in [0.4, 0.5) is 0 Å². The Balaban J connectivity index is 2.28. The van der Waals surface area contributed by atoms with E-state index in [1.54, 1.807) is 10.8 Å². The molecular formula is C17H14N2O. The topological polar surface area (TPSA) is 34.9 Å². The maximum absolute atomic E-state index is 12.2. The lowest BCUT2D eigenvalue weighted by atomic mass is 10.2. The fourth-order valence-corrected chi connectivity index (χ4v) is 2.22. The number of hydrogen-bond donors (Lipinski definition) is 0. The summed E-state index contributed by atoms with van der Waals surface area (Å²) in [5, 5.41) is 0. The first-order valence-corrected chi connectivity index (χ1v) is 6.46. The third-order valence-electron chi connectivity index (χ3n) is 3.14. The minimum Gasteiger partial charge on any atom is -0.269 e. The summed E-state index contributed by atoms with van der Waals surface area (Å²) in [5.41, 5.74) is 2.79. The molecule has 0 unspecified atom stereocenters. The molecule has 3 nitrogen and oxygen atoms in total. The van der Waals surface area contributed by atoms with E-state index in [9.17, 15) is 4.79 Å². The van der Waals surface area contributed by atoms with E-state index in [-0.39, 0.29) is 5.56 Å². The van der Waals surface area contributed by atoms with Gasteiger partial charge in [0, 0.05) is 17.8 Å². The molecule has 0 N–H and O–H groups in total. The molecule has 0 atom stereocenters. The minimum atomic E-state index is -0.0792.